The van der Waals surface area contributed by atoms with Crippen LogP contribution in [0.25, 0.3) is 0 Å². The number of nitrogens with two attached hydrogens (primary N) is 1. The summed E-state index contributed by atoms with van der Waals surface area (Å²) in [7, 11) is 0. The van der Waals surface area contributed by atoms with Crippen molar-refractivity contribution in [3.8, 4) is 0 Å². The average Bonchev–Trinajstić information content (AvgIpc) is 2.39. The first-order valence-corrected chi connectivity index (χ1v) is 4.67. The number of nitrogens with one attached hydrogen (secondary N) is 1. The standard InChI is InChI=1S/C6H14N2.CH4S/c1-2-5-3-4-8-6(5)7;1-2/h5-6,8H,2-4,7H2,1H3;2H,1H3. The first kappa shape index (κ1) is 10.3. The zero-order chi connectivity index (χ0) is 7.98. The summed E-state index contributed by atoms with van der Waals surface area (Å²) in [4.78, 5) is 0. The Hall–Kier alpha value is 0.270. The van der Waals surface area contributed by atoms with Gasteiger partial charge in [-0.3, -0.25) is 0 Å². The maximum Gasteiger partial charge on any atom is 0.0575 e. The van der Waals surface area contributed by atoms with Crippen molar-refractivity contribution in [2.24, 2.45) is 11.7 Å². The van der Waals surface area contributed by atoms with Gasteiger partial charge in [0.1, 0.15) is 0 Å². The molecular weight excluding hydrogens is 144 g/mol. The van der Waals surface area contributed by atoms with Crippen molar-refractivity contribution in [2.75, 3.05) is 12.8 Å². The molecule has 0 spiro atoms. The Balaban J connectivity index is 0.000000371. The van der Waals surface area contributed by atoms with Crippen LogP contribution in [-0.2, 0) is 0 Å². The summed E-state index contributed by atoms with van der Waals surface area (Å²) in [5.41, 5.74) is 5.68. The van der Waals surface area contributed by atoms with Crippen molar-refractivity contribution in [2.45, 2.75) is 25.9 Å². The van der Waals surface area contributed by atoms with Gasteiger partial charge in [0, 0.05) is 0 Å². The van der Waals surface area contributed by atoms with Gasteiger partial charge in [-0.05, 0) is 25.1 Å². The van der Waals surface area contributed by atoms with E-state index in [4.69, 9.17) is 5.73 Å². The Kier molecular flexibility index (Phi) is 6.17. The van der Waals surface area contributed by atoms with Crippen LogP contribution in [0.1, 0.15) is 19.8 Å². The van der Waals surface area contributed by atoms with Gasteiger partial charge in [0.15, 0.2) is 0 Å². The Morgan fingerprint density at radius 1 is 1.60 bits per heavy atom. The minimum Gasteiger partial charge on any atom is -0.316 e. The van der Waals surface area contributed by atoms with Crippen molar-refractivity contribution >= 4 is 12.6 Å². The van der Waals surface area contributed by atoms with E-state index in [-0.39, 0.29) is 6.17 Å². The zero-order valence-corrected chi connectivity index (χ0v) is 7.70. The highest BCUT2D eigenvalue weighted by atomic mass is 32.1. The van der Waals surface area contributed by atoms with Crippen LogP contribution in [0.15, 0.2) is 0 Å². The summed E-state index contributed by atoms with van der Waals surface area (Å²) >= 11 is 3.53. The van der Waals surface area contributed by atoms with Crippen molar-refractivity contribution in [3.05, 3.63) is 0 Å². The SMILES string of the molecule is CCC1CCNC1N.CS. The molecule has 0 aromatic carbocycles. The molecule has 0 amide bonds. The van der Waals surface area contributed by atoms with Gasteiger partial charge in [-0.25, -0.2) is 0 Å². The van der Waals surface area contributed by atoms with E-state index in [0.29, 0.717) is 0 Å². The van der Waals surface area contributed by atoms with E-state index >= 15 is 0 Å². The predicted molar refractivity (Wildman–Crippen MR) is 49.3 cm³/mol. The molecule has 1 heterocycles. The monoisotopic (exact) mass is 162 g/mol. The molecule has 0 aliphatic carbocycles. The normalized spacial score (nSPS) is 31.2. The van der Waals surface area contributed by atoms with Crippen LogP contribution in [0.5, 0.6) is 0 Å². The molecule has 3 N–H and O–H groups in total. The highest BCUT2D eigenvalue weighted by molar-refractivity contribution is 7.79. The first-order chi connectivity index (χ1) is 4.84. The second-order valence-corrected chi connectivity index (χ2v) is 2.44. The van der Waals surface area contributed by atoms with Gasteiger partial charge in [0.25, 0.3) is 0 Å². The van der Waals surface area contributed by atoms with Crippen LogP contribution in [-0.4, -0.2) is 19.0 Å². The molecular formula is C7H18N2S. The molecule has 0 radical (unpaired) electrons. The number of rotatable bonds is 1. The summed E-state index contributed by atoms with van der Waals surface area (Å²) in [6, 6.07) is 0. The molecule has 2 nitrogen and oxygen atoms in total. The van der Waals surface area contributed by atoms with Gasteiger partial charge in [-0.1, -0.05) is 13.3 Å². The molecule has 3 heteroatoms. The summed E-state index contributed by atoms with van der Waals surface area (Å²) in [5, 5.41) is 3.20. The highest BCUT2D eigenvalue weighted by Gasteiger charge is 2.20. The summed E-state index contributed by atoms with van der Waals surface area (Å²) in [5.74, 6) is 0.731. The topological polar surface area (TPSA) is 38.0 Å². The number of hydrogen-bond donors (Lipinski definition) is 3. The molecule has 1 aliphatic heterocycles. The van der Waals surface area contributed by atoms with Gasteiger partial charge >= 0.3 is 0 Å². The fraction of sp³-hybridized carbons (Fsp3) is 1.00. The molecule has 10 heavy (non-hydrogen) atoms. The third-order valence-corrected chi connectivity index (χ3v) is 1.93. The lowest BCUT2D eigenvalue weighted by Crippen LogP contribution is -2.35. The lowest BCUT2D eigenvalue weighted by atomic mass is 10.0. The third kappa shape index (κ3) is 2.90. The van der Waals surface area contributed by atoms with Crippen LogP contribution in [0.4, 0.5) is 0 Å². The molecule has 2 unspecified atom stereocenters. The number of hydrogen-bond acceptors (Lipinski definition) is 3. The lowest BCUT2D eigenvalue weighted by molar-refractivity contribution is 0.447. The Labute approximate surface area is 69.0 Å². The van der Waals surface area contributed by atoms with E-state index in [1.165, 1.54) is 12.8 Å². The van der Waals surface area contributed by atoms with E-state index in [0.717, 1.165) is 12.5 Å². The smallest absolute Gasteiger partial charge is 0.0575 e. The van der Waals surface area contributed by atoms with Gasteiger partial charge < -0.3 is 11.1 Å². The summed E-state index contributed by atoms with van der Waals surface area (Å²) in [6.45, 7) is 3.30. The molecule has 0 aromatic rings. The molecule has 62 valence electrons. The fourth-order valence-electron chi connectivity index (χ4n) is 1.24. The van der Waals surface area contributed by atoms with Gasteiger partial charge in [0.2, 0.25) is 0 Å². The van der Waals surface area contributed by atoms with E-state index in [9.17, 15) is 0 Å². The zero-order valence-electron chi connectivity index (χ0n) is 6.80. The van der Waals surface area contributed by atoms with Crippen molar-refractivity contribution < 1.29 is 0 Å². The van der Waals surface area contributed by atoms with Crippen LogP contribution >= 0.6 is 12.6 Å². The van der Waals surface area contributed by atoms with Crippen molar-refractivity contribution in [1.82, 2.24) is 5.32 Å². The minimum absolute atomic E-state index is 0.278. The predicted octanol–water partition coefficient (Wildman–Crippen LogP) is 0.837. The first-order valence-electron chi connectivity index (χ1n) is 3.78. The second-order valence-electron chi connectivity index (χ2n) is 2.44. The molecule has 0 bridgehead atoms. The van der Waals surface area contributed by atoms with Gasteiger partial charge in [-0.15, -0.1) is 0 Å². The quantitative estimate of drug-likeness (QED) is 0.500. The van der Waals surface area contributed by atoms with Crippen LogP contribution in [0, 0.1) is 5.92 Å². The van der Waals surface area contributed by atoms with E-state index < -0.39 is 0 Å². The van der Waals surface area contributed by atoms with Crippen LogP contribution in [0.2, 0.25) is 0 Å². The minimum atomic E-state index is 0.278. The summed E-state index contributed by atoms with van der Waals surface area (Å²) in [6.07, 6.45) is 4.45. The molecule has 0 saturated carbocycles. The van der Waals surface area contributed by atoms with Crippen LogP contribution in [0.3, 0.4) is 0 Å². The number of thiol groups is 1. The molecule has 1 fully saturated rings. The van der Waals surface area contributed by atoms with E-state index in [2.05, 4.69) is 24.9 Å². The molecule has 1 rings (SSSR count). The summed E-state index contributed by atoms with van der Waals surface area (Å²) < 4.78 is 0. The second kappa shape index (κ2) is 6.01. The maximum absolute atomic E-state index is 5.68. The Bertz CT molecular complexity index is 78.0. The van der Waals surface area contributed by atoms with E-state index in [1.807, 2.05) is 0 Å². The third-order valence-electron chi connectivity index (χ3n) is 1.93. The molecule has 1 aliphatic rings. The fourth-order valence-corrected chi connectivity index (χ4v) is 1.24. The Morgan fingerprint density at radius 3 is 2.40 bits per heavy atom. The van der Waals surface area contributed by atoms with Crippen LogP contribution < -0.4 is 11.1 Å². The van der Waals surface area contributed by atoms with Crippen molar-refractivity contribution in [1.29, 1.82) is 0 Å². The Morgan fingerprint density at radius 2 is 2.20 bits per heavy atom. The molecule has 0 aromatic heterocycles. The maximum atomic E-state index is 5.68. The van der Waals surface area contributed by atoms with Crippen molar-refractivity contribution in [3.63, 3.8) is 0 Å². The van der Waals surface area contributed by atoms with E-state index in [1.54, 1.807) is 6.26 Å². The highest BCUT2D eigenvalue weighted by Crippen LogP contribution is 2.14. The molecule has 1 saturated heterocycles. The van der Waals surface area contributed by atoms with Gasteiger partial charge in [-0.2, -0.15) is 12.6 Å². The lowest BCUT2D eigenvalue weighted by Gasteiger charge is -2.10. The largest absolute Gasteiger partial charge is 0.316 e. The van der Waals surface area contributed by atoms with Gasteiger partial charge in [0.05, 0.1) is 6.17 Å². The molecule has 2 atom stereocenters. The average molecular weight is 162 g/mol.